The quantitative estimate of drug-likeness (QED) is 0.519. The fraction of sp³-hybridized carbons (Fsp3) is 0.600. The van der Waals surface area contributed by atoms with Gasteiger partial charge in [-0.3, -0.25) is 0 Å². The number of hydrogen-bond acceptors (Lipinski definition) is 2. The average Bonchev–Trinajstić information content (AvgIpc) is 1.67. The Hall–Kier alpha value is -0.310. The highest BCUT2D eigenvalue weighted by molar-refractivity contribution is 7.73. The van der Waals surface area contributed by atoms with E-state index in [4.69, 9.17) is 0 Å². The lowest BCUT2D eigenvalue weighted by molar-refractivity contribution is 0.626. The van der Waals surface area contributed by atoms with Gasteiger partial charge in [-0.2, -0.15) is 8.42 Å². The van der Waals surface area contributed by atoms with Crippen LogP contribution in [0.4, 0.5) is 0 Å². The normalized spacial score (nSPS) is 8.75. The van der Waals surface area contributed by atoms with Crippen LogP contribution < -0.4 is 0 Å². The van der Waals surface area contributed by atoms with Gasteiger partial charge in [-0.15, -0.1) is 0 Å². The molecule has 0 atom stereocenters. The van der Waals surface area contributed by atoms with Crippen molar-refractivity contribution in [1.82, 2.24) is 0 Å². The first-order valence-corrected chi connectivity index (χ1v) is 3.53. The van der Waals surface area contributed by atoms with Crippen molar-refractivity contribution in [2.24, 2.45) is 0 Å². The van der Waals surface area contributed by atoms with E-state index in [2.05, 4.69) is 6.92 Å². The van der Waals surface area contributed by atoms with E-state index in [9.17, 15) is 8.42 Å². The smallest absolute Gasteiger partial charge is 0.185 e. The van der Waals surface area contributed by atoms with Gasteiger partial charge in [-0.05, 0) is 13.3 Å². The Kier molecular flexibility index (Phi) is 3.52. The van der Waals surface area contributed by atoms with Gasteiger partial charge in [0.15, 0.2) is 0 Å². The molecule has 0 aliphatic rings. The lowest BCUT2D eigenvalue weighted by Crippen LogP contribution is -1.90. The summed E-state index contributed by atoms with van der Waals surface area (Å²) < 4.78 is 20.0. The van der Waals surface area contributed by atoms with Gasteiger partial charge in [-0.25, -0.2) is 0 Å². The minimum Gasteiger partial charge on any atom is -0.185 e. The van der Waals surface area contributed by atoms with E-state index < -0.39 is 10.3 Å². The van der Waals surface area contributed by atoms with Crippen LogP contribution >= 0.6 is 0 Å². The van der Waals surface area contributed by atoms with Crippen molar-refractivity contribution in [3.05, 3.63) is 6.92 Å². The summed E-state index contributed by atoms with van der Waals surface area (Å²) in [6.45, 7) is 5.25. The fourth-order valence-corrected chi connectivity index (χ4v) is 0.733. The van der Waals surface area contributed by atoms with Crippen molar-refractivity contribution in [3.8, 4) is 0 Å². The van der Waals surface area contributed by atoms with Crippen LogP contribution in [-0.2, 0) is 10.3 Å². The Morgan fingerprint density at radius 2 is 2.12 bits per heavy atom. The Morgan fingerprint density at radius 1 is 1.62 bits per heavy atom. The molecule has 0 aliphatic heterocycles. The van der Waals surface area contributed by atoms with E-state index >= 15 is 0 Å². The van der Waals surface area contributed by atoms with Gasteiger partial charge in [0, 0.05) is 4.86 Å². The van der Waals surface area contributed by atoms with Crippen molar-refractivity contribution in [1.29, 1.82) is 0 Å². The third kappa shape index (κ3) is 2.80. The van der Waals surface area contributed by atoms with Crippen LogP contribution in [0.5, 0.6) is 0 Å². The van der Waals surface area contributed by atoms with Gasteiger partial charge < -0.3 is 0 Å². The molecular weight excluding hydrogens is 124 g/mol. The maximum atomic E-state index is 9.99. The van der Waals surface area contributed by atoms with Crippen LogP contribution in [0, 0.1) is 6.92 Å². The molecule has 0 aromatic carbocycles. The van der Waals surface area contributed by atoms with Crippen LogP contribution in [0.1, 0.15) is 19.8 Å². The molecule has 0 heterocycles. The highest BCUT2D eigenvalue weighted by atomic mass is 32.2. The molecule has 0 amide bonds. The Bertz CT molecular complexity index is 169. The van der Waals surface area contributed by atoms with Gasteiger partial charge in [0.2, 0.25) is 10.3 Å². The molecule has 0 aliphatic carbocycles. The van der Waals surface area contributed by atoms with E-state index in [1.165, 1.54) is 0 Å². The lowest BCUT2D eigenvalue weighted by Gasteiger charge is -1.84. The molecule has 8 heavy (non-hydrogen) atoms. The highest BCUT2D eigenvalue weighted by Gasteiger charge is 1.87. The molecule has 0 rings (SSSR count). The van der Waals surface area contributed by atoms with Crippen LogP contribution in [0.2, 0.25) is 0 Å². The zero-order valence-electron chi connectivity index (χ0n) is 4.85. The molecule has 0 saturated carbocycles. The minimum atomic E-state index is -2.05. The van der Waals surface area contributed by atoms with E-state index in [1.807, 2.05) is 6.92 Å². The molecule has 0 unspecified atom stereocenters. The third-order valence-corrected chi connectivity index (χ3v) is 1.44. The summed E-state index contributed by atoms with van der Waals surface area (Å²) in [7, 11) is -2.05. The Balaban J connectivity index is 4.03. The molecule has 2 nitrogen and oxygen atoms in total. The Morgan fingerprint density at radius 3 is 2.25 bits per heavy atom. The SMILES string of the molecule is [CH2]C(CCC)=S(=O)=O. The van der Waals surface area contributed by atoms with E-state index in [0.717, 1.165) is 6.42 Å². The van der Waals surface area contributed by atoms with Gasteiger partial charge in [0.25, 0.3) is 0 Å². The summed E-state index contributed by atoms with van der Waals surface area (Å²) >= 11 is 0. The predicted octanol–water partition coefficient (Wildman–Crippen LogP) is 0.672. The summed E-state index contributed by atoms with van der Waals surface area (Å²) in [5, 5.41) is 0. The predicted molar refractivity (Wildman–Crippen MR) is 34.2 cm³/mol. The van der Waals surface area contributed by atoms with Gasteiger partial charge in [0.1, 0.15) is 0 Å². The molecule has 0 N–H and O–H groups in total. The summed E-state index contributed by atoms with van der Waals surface area (Å²) in [5.74, 6) is 0. The van der Waals surface area contributed by atoms with Crippen LogP contribution in [0.3, 0.4) is 0 Å². The van der Waals surface area contributed by atoms with Gasteiger partial charge in [0.05, 0.1) is 0 Å². The van der Waals surface area contributed by atoms with Crippen molar-refractivity contribution in [2.75, 3.05) is 0 Å². The van der Waals surface area contributed by atoms with Crippen molar-refractivity contribution >= 4 is 15.2 Å². The molecule has 0 aromatic rings. The molecule has 0 fully saturated rings. The largest absolute Gasteiger partial charge is 0.213 e. The topological polar surface area (TPSA) is 34.1 Å². The first kappa shape index (κ1) is 7.69. The molecule has 0 aromatic heterocycles. The zero-order chi connectivity index (χ0) is 6.57. The highest BCUT2D eigenvalue weighted by Crippen LogP contribution is 1.86. The zero-order valence-corrected chi connectivity index (χ0v) is 5.66. The first-order valence-electron chi connectivity index (χ1n) is 2.45. The molecular formula is C5H9O2S. The van der Waals surface area contributed by atoms with Gasteiger partial charge >= 0.3 is 0 Å². The summed E-state index contributed by atoms with van der Waals surface area (Å²) in [6, 6.07) is 0. The maximum absolute atomic E-state index is 9.99. The minimum absolute atomic E-state index is 0.299. The second-order valence-electron chi connectivity index (χ2n) is 1.52. The van der Waals surface area contributed by atoms with Crippen molar-refractivity contribution < 1.29 is 8.42 Å². The summed E-state index contributed by atoms with van der Waals surface area (Å²) in [4.78, 5) is 0.299. The monoisotopic (exact) mass is 133 g/mol. The van der Waals surface area contributed by atoms with Crippen molar-refractivity contribution in [2.45, 2.75) is 19.8 Å². The molecule has 3 heteroatoms. The molecule has 47 valence electrons. The van der Waals surface area contributed by atoms with E-state index in [1.54, 1.807) is 0 Å². The van der Waals surface area contributed by atoms with Crippen LogP contribution in [0.15, 0.2) is 0 Å². The Labute approximate surface area is 51.1 Å². The third-order valence-electron chi connectivity index (χ3n) is 0.765. The lowest BCUT2D eigenvalue weighted by atomic mass is 10.3. The summed E-state index contributed by atoms with van der Waals surface area (Å²) in [5.41, 5.74) is 0. The standard InChI is InChI=1S/C5H9O2S/c1-3-4-5(2)8(6)7/h2-4H2,1H3. The van der Waals surface area contributed by atoms with Crippen LogP contribution in [-0.4, -0.2) is 13.3 Å². The van der Waals surface area contributed by atoms with E-state index in [0.29, 0.717) is 11.3 Å². The number of hydrogen-bond donors (Lipinski definition) is 0. The average molecular weight is 133 g/mol. The molecule has 0 saturated heterocycles. The second-order valence-corrected chi connectivity index (χ2v) is 2.57. The fourth-order valence-electron chi connectivity index (χ4n) is 0.362. The first-order chi connectivity index (χ1) is 3.68. The van der Waals surface area contributed by atoms with Gasteiger partial charge in [-0.1, -0.05) is 13.3 Å². The van der Waals surface area contributed by atoms with Crippen molar-refractivity contribution in [3.63, 3.8) is 0 Å². The second kappa shape index (κ2) is 3.66. The van der Waals surface area contributed by atoms with E-state index in [-0.39, 0.29) is 0 Å². The maximum Gasteiger partial charge on any atom is 0.213 e. The number of rotatable bonds is 2. The molecule has 0 bridgehead atoms. The molecule has 0 spiro atoms. The summed E-state index contributed by atoms with van der Waals surface area (Å²) in [6.07, 6.45) is 1.42. The molecule has 1 radical (unpaired) electrons. The van der Waals surface area contributed by atoms with Crippen LogP contribution in [0.25, 0.3) is 0 Å².